The van der Waals surface area contributed by atoms with Gasteiger partial charge >= 0.3 is 0 Å². The molecule has 0 spiro atoms. The van der Waals surface area contributed by atoms with Crippen molar-refractivity contribution in [2.45, 2.75) is 6.92 Å². The maximum Gasteiger partial charge on any atom is 0.188 e. The van der Waals surface area contributed by atoms with Crippen LogP contribution in [0.4, 0.5) is 10.8 Å². The highest BCUT2D eigenvalue weighted by Gasteiger charge is 2.21. The van der Waals surface area contributed by atoms with E-state index in [-0.39, 0.29) is 0 Å². The molecule has 0 saturated carbocycles. The third kappa shape index (κ3) is 2.21. The van der Waals surface area contributed by atoms with Crippen LogP contribution in [0.15, 0.2) is 24.5 Å². The van der Waals surface area contributed by atoms with Crippen LogP contribution in [-0.4, -0.2) is 45.9 Å². The fraction of sp³-hybridized carbons (Fsp3) is 0.400. The molecule has 0 atom stereocenters. The van der Waals surface area contributed by atoms with E-state index in [1.165, 1.54) is 10.4 Å². The molecular formula is C15H18N6S. The van der Waals surface area contributed by atoms with Crippen molar-refractivity contribution in [2.24, 2.45) is 7.05 Å². The molecule has 0 aromatic carbocycles. The quantitative estimate of drug-likeness (QED) is 0.725. The fourth-order valence-electron chi connectivity index (χ4n) is 2.91. The van der Waals surface area contributed by atoms with Gasteiger partial charge in [-0.3, -0.25) is 4.98 Å². The number of piperazine rings is 1. The molecule has 0 bridgehead atoms. The normalized spacial score (nSPS) is 15.7. The van der Waals surface area contributed by atoms with Crippen LogP contribution in [-0.2, 0) is 7.05 Å². The molecule has 6 nitrogen and oxygen atoms in total. The summed E-state index contributed by atoms with van der Waals surface area (Å²) in [4.78, 5) is 13.7. The Balaban J connectivity index is 1.52. The zero-order valence-electron chi connectivity index (χ0n) is 12.7. The number of nitrogens with zero attached hydrogens (tertiary/aromatic N) is 6. The van der Waals surface area contributed by atoms with E-state index < -0.39 is 0 Å². The van der Waals surface area contributed by atoms with Gasteiger partial charge < -0.3 is 9.80 Å². The van der Waals surface area contributed by atoms with Gasteiger partial charge in [-0.25, -0.2) is 9.67 Å². The highest BCUT2D eigenvalue weighted by atomic mass is 32.1. The van der Waals surface area contributed by atoms with Crippen LogP contribution in [0.25, 0.3) is 10.3 Å². The molecule has 0 unspecified atom stereocenters. The van der Waals surface area contributed by atoms with Crippen molar-refractivity contribution in [2.75, 3.05) is 36.0 Å². The second kappa shape index (κ2) is 5.24. The average Bonchev–Trinajstić information content (AvgIpc) is 3.11. The molecule has 1 aliphatic heterocycles. The van der Waals surface area contributed by atoms with Crippen molar-refractivity contribution in [1.29, 1.82) is 0 Å². The maximum atomic E-state index is 4.77. The monoisotopic (exact) mass is 314 g/mol. The Morgan fingerprint density at radius 2 is 1.91 bits per heavy atom. The fourth-order valence-corrected chi connectivity index (χ4v) is 3.99. The highest BCUT2D eigenvalue weighted by molar-refractivity contribution is 7.22. The molecule has 1 saturated heterocycles. The van der Waals surface area contributed by atoms with Crippen LogP contribution in [0, 0.1) is 6.92 Å². The first-order chi connectivity index (χ1) is 10.7. The molecule has 0 aliphatic carbocycles. The minimum Gasteiger partial charge on any atom is -0.367 e. The Morgan fingerprint density at radius 3 is 2.59 bits per heavy atom. The van der Waals surface area contributed by atoms with Gasteiger partial charge in [0.25, 0.3) is 0 Å². The standard InChI is InChI=1S/C15H18N6S/c1-11-13-14(19(2)18-11)17-15(22-13)21-8-6-20(7-9-21)12-4-3-5-16-10-12/h3-5,10H,6-9H2,1-2H3. The van der Waals surface area contributed by atoms with E-state index in [4.69, 9.17) is 4.98 Å². The summed E-state index contributed by atoms with van der Waals surface area (Å²) in [5.41, 5.74) is 3.26. The predicted molar refractivity (Wildman–Crippen MR) is 89.8 cm³/mol. The van der Waals surface area contributed by atoms with Crippen molar-refractivity contribution >= 4 is 32.5 Å². The lowest BCUT2D eigenvalue weighted by molar-refractivity contribution is 0.651. The molecule has 4 heterocycles. The zero-order chi connectivity index (χ0) is 15.1. The number of anilines is 2. The smallest absolute Gasteiger partial charge is 0.188 e. The minimum atomic E-state index is 0.987. The SMILES string of the molecule is Cc1nn(C)c2nc(N3CCN(c4cccnc4)CC3)sc12. The van der Waals surface area contributed by atoms with Gasteiger partial charge in [0.1, 0.15) is 0 Å². The Labute approximate surface area is 133 Å². The number of aryl methyl sites for hydroxylation is 2. The number of hydrogen-bond acceptors (Lipinski definition) is 6. The Morgan fingerprint density at radius 1 is 1.14 bits per heavy atom. The van der Waals surface area contributed by atoms with Gasteiger partial charge in [-0.15, -0.1) is 0 Å². The van der Waals surface area contributed by atoms with Crippen LogP contribution >= 0.6 is 11.3 Å². The molecule has 0 radical (unpaired) electrons. The van der Waals surface area contributed by atoms with Crippen LogP contribution in [0.2, 0.25) is 0 Å². The largest absolute Gasteiger partial charge is 0.367 e. The van der Waals surface area contributed by atoms with Crippen molar-refractivity contribution < 1.29 is 0 Å². The molecule has 3 aromatic rings. The summed E-state index contributed by atoms with van der Waals surface area (Å²) >= 11 is 1.75. The number of aromatic nitrogens is 4. The second-order valence-electron chi connectivity index (χ2n) is 5.54. The molecular weight excluding hydrogens is 296 g/mol. The van der Waals surface area contributed by atoms with E-state index in [1.54, 1.807) is 11.3 Å². The Kier molecular flexibility index (Phi) is 3.22. The van der Waals surface area contributed by atoms with Crippen molar-refractivity contribution in [1.82, 2.24) is 19.7 Å². The summed E-state index contributed by atoms with van der Waals surface area (Å²) in [5, 5.41) is 5.53. The Hall–Kier alpha value is -2.15. The first-order valence-electron chi connectivity index (χ1n) is 7.42. The molecule has 4 rings (SSSR count). The number of rotatable bonds is 2. The first kappa shape index (κ1) is 13.5. The lowest BCUT2D eigenvalue weighted by atomic mass is 10.3. The third-order valence-electron chi connectivity index (χ3n) is 4.09. The number of pyridine rings is 1. The van der Waals surface area contributed by atoms with Gasteiger partial charge in [0.15, 0.2) is 10.8 Å². The third-order valence-corrected chi connectivity index (χ3v) is 5.31. The summed E-state index contributed by atoms with van der Waals surface area (Å²) in [6.07, 6.45) is 3.75. The highest BCUT2D eigenvalue weighted by Crippen LogP contribution is 2.31. The van der Waals surface area contributed by atoms with E-state index in [2.05, 4.69) is 25.9 Å². The van der Waals surface area contributed by atoms with E-state index in [0.717, 1.165) is 42.7 Å². The minimum absolute atomic E-state index is 0.987. The Bertz CT molecular complexity index is 751. The molecule has 1 aliphatic rings. The van der Waals surface area contributed by atoms with Crippen molar-refractivity contribution in [3.63, 3.8) is 0 Å². The van der Waals surface area contributed by atoms with E-state index in [1.807, 2.05) is 37.1 Å². The first-order valence-corrected chi connectivity index (χ1v) is 8.24. The number of hydrogen-bond donors (Lipinski definition) is 0. The van der Waals surface area contributed by atoms with Gasteiger partial charge in [-0.1, -0.05) is 11.3 Å². The summed E-state index contributed by atoms with van der Waals surface area (Å²) in [6, 6.07) is 4.11. The summed E-state index contributed by atoms with van der Waals surface area (Å²) < 4.78 is 3.07. The van der Waals surface area contributed by atoms with Crippen LogP contribution in [0.1, 0.15) is 5.69 Å². The zero-order valence-corrected chi connectivity index (χ0v) is 13.5. The second-order valence-corrected chi connectivity index (χ2v) is 6.52. The number of thiazole rings is 1. The van der Waals surface area contributed by atoms with E-state index in [9.17, 15) is 0 Å². The van der Waals surface area contributed by atoms with Gasteiger partial charge in [0.05, 0.1) is 22.3 Å². The van der Waals surface area contributed by atoms with Crippen LogP contribution in [0.5, 0.6) is 0 Å². The summed E-state index contributed by atoms with van der Waals surface area (Å²) in [7, 11) is 1.96. The van der Waals surface area contributed by atoms with Crippen LogP contribution in [0.3, 0.4) is 0 Å². The summed E-state index contributed by atoms with van der Waals surface area (Å²) in [6.45, 7) is 6.02. The molecule has 7 heteroatoms. The summed E-state index contributed by atoms with van der Waals surface area (Å²) in [5.74, 6) is 0. The molecule has 3 aromatic heterocycles. The maximum absolute atomic E-state index is 4.77. The van der Waals surface area contributed by atoms with Gasteiger partial charge in [0.2, 0.25) is 0 Å². The predicted octanol–water partition coefficient (Wildman–Crippen LogP) is 2.06. The van der Waals surface area contributed by atoms with E-state index in [0.29, 0.717) is 0 Å². The van der Waals surface area contributed by atoms with Crippen molar-refractivity contribution in [3.8, 4) is 0 Å². The molecule has 114 valence electrons. The molecule has 1 fully saturated rings. The topological polar surface area (TPSA) is 50.1 Å². The van der Waals surface area contributed by atoms with Crippen LogP contribution < -0.4 is 9.80 Å². The lowest BCUT2D eigenvalue weighted by Gasteiger charge is -2.35. The lowest BCUT2D eigenvalue weighted by Crippen LogP contribution is -2.46. The van der Waals surface area contributed by atoms with E-state index >= 15 is 0 Å². The van der Waals surface area contributed by atoms with Gasteiger partial charge in [-0.2, -0.15) is 5.10 Å². The van der Waals surface area contributed by atoms with Crippen molar-refractivity contribution in [3.05, 3.63) is 30.2 Å². The number of fused-ring (bicyclic) bond motifs is 1. The molecule has 0 N–H and O–H groups in total. The average molecular weight is 314 g/mol. The van der Waals surface area contributed by atoms with Gasteiger partial charge in [0, 0.05) is 39.4 Å². The molecule has 0 amide bonds. The molecule has 22 heavy (non-hydrogen) atoms. The van der Waals surface area contributed by atoms with Gasteiger partial charge in [-0.05, 0) is 19.1 Å².